The highest BCUT2D eigenvalue weighted by molar-refractivity contribution is 9.10. The van der Waals surface area contributed by atoms with Crippen LogP contribution in [0.15, 0.2) is 53.0 Å². The number of halogens is 1. The number of sulfonamides is 1. The Morgan fingerprint density at radius 3 is 2.30 bits per heavy atom. The van der Waals surface area contributed by atoms with Gasteiger partial charge < -0.3 is 10.2 Å². The minimum absolute atomic E-state index is 0.186. The molecule has 2 aromatic rings. The van der Waals surface area contributed by atoms with Gasteiger partial charge in [0.15, 0.2) is 0 Å². The van der Waals surface area contributed by atoms with Gasteiger partial charge in [0.05, 0.1) is 11.9 Å². The Morgan fingerprint density at radius 1 is 1.13 bits per heavy atom. The number of hydrogen-bond donors (Lipinski definition) is 1. The Kier molecular flexibility index (Phi) is 8.03. The summed E-state index contributed by atoms with van der Waals surface area (Å²) in [4.78, 5) is 26.8. The molecule has 2 amide bonds. The van der Waals surface area contributed by atoms with Gasteiger partial charge in [-0.15, -0.1) is 0 Å². The summed E-state index contributed by atoms with van der Waals surface area (Å²) in [5.41, 5.74) is 2.07. The number of carbonyl (C=O) groups is 2. The van der Waals surface area contributed by atoms with Crippen molar-refractivity contribution in [3.63, 3.8) is 0 Å². The van der Waals surface area contributed by atoms with E-state index in [0.717, 1.165) is 26.2 Å². The van der Waals surface area contributed by atoms with E-state index in [2.05, 4.69) is 21.2 Å². The van der Waals surface area contributed by atoms with Gasteiger partial charge in [-0.05, 0) is 43.2 Å². The molecule has 9 heteroatoms. The molecule has 2 aromatic carbocycles. The number of likely N-dealkylation sites (N-methyl/N-ethyl adjacent to an activating group) is 1. The van der Waals surface area contributed by atoms with Crippen molar-refractivity contribution in [3.8, 4) is 0 Å². The molecule has 0 aliphatic heterocycles. The molecular weight excluding hydrogens is 470 g/mol. The van der Waals surface area contributed by atoms with E-state index >= 15 is 0 Å². The standard InChI is InChI=1S/C21H26BrN3O4S/c1-15-12-18(10-11-19(15)22)25(30(4,28)29)14-20(26)24(16(2)21(27)23-3)13-17-8-6-5-7-9-17/h5-12,16H,13-14H2,1-4H3,(H,23,27)/t16-/m0/s1. The lowest BCUT2D eigenvalue weighted by atomic mass is 10.1. The Morgan fingerprint density at radius 2 is 1.77 bits per heavy atom. The van der Waals surface area contributed by atoms with Crippen LogP contribution in [0.1, 0.15) is 18.1 Å². The monoisotopic (exact) mass is 495 g/mol. The maximum absolute atomic E-state index is 13.2. The van der Waals surface area contributed by atoms with Crippen LogP contribution in [0.3, 0.4) is 0 Å². The molecule has 1 N–H and O–H groups in total. The normalized spacial score (nSPS) is 12.2. The van der Waals surface area contributed by atoms with E-state index in [-0.39, 0.29) is 12.5 Å². The zero-order valence-electron chi connectivity index (χ0n) is 17.4. The van der Waals surface area contributed by atoms with Crippen molar-refractivity contribution in [1.29, 1.82) is 0 Å². The molecule has 0 aliphatic rings. The van der Waals surface area contributed by atoms with Crippen LogP contribution in [0.4, 0.5) is 5.69 Å². The predicted molar refractivity (Wildman–Crippen MR) is 122 cm³/mol. The fourth-order valence-corrected chi connectivity index (χ4v) is 4.06. The van der Waals surface area contributed by atoms with E-state index in [1.54, 1.807) is 25.1 Å². The van der Waals surface area contributed by atoms with Crippen LogP contribution in [-0.2, 0) is 26.2 Å². The molecule has 7 nitrogen and oxygen atoms in total. The van der Waals surface area contributed by atoms with Gasteiger partial charge in [0, 0.05) is 18.1 Å². The van der Waals surface area contributed by atoms with Gasteiger partial charge in [-0.1, -0.05) is 46.3 Å². The highest BCUT2D eigenvalue weighted by Gasteiger charge is 2.29. The van der Waals surface area contributed by atoms with E-state index in [4.69, 9.17) is 0 Å². The first-order chi connectivity index (χ1) is 14.0. The topological polar surface area (TPSA) is 86.8 Å². The van der Waals surface area contributed by atoms with Gasteiger partial charge in [-0.3, -0.25) is 13.9 Å². The summed E-state index contributed by atoms with van der Waals surface area (Å²) < 4.78 is 26.8. The molecule has 30 heavy (non-hydrogen) atoms. The van der Waals surface area contributed by atoms with Crippen LogP contribution in [0.5, 0.6) is 0 Å². The summed E-state index contributed by atoms with van der Waals surface area (Å²) in [6, 6.07) is 13.5. The molecule has 0 radical (unpaired) electrons. The lowest BCUT2D eigenvalue weighted by Crippen LogP contribution is -2.50. The quantitative estimate of drug-likeness (QED) is 0.609. The average Bonchev–Trinajstić information content (AvgIpc) is 2.71. The highest BCUT2D eigenvalue weighted by Crippen LogP contribution is 2.25. The summed E-state index contributed by atoms with van der Waals surface area (Å²) in [5, 5.41) is 2.54. The fourth-order valence-electron chi connectivity index (χ4n) is 2.97. The van der Waals surface area contributed by atoms with E-state index < -0.39 is 28.5 Å². The van der Waals surface area contributed by atoms with Gasteiger partial charge in [-0.25, -0.2) is 8.42 Å². The zero-order valence-corrected chi connectivity index (χ0v) is 19.8. The molecular formula is C21H26BrN3O4S. The number of rotatable bonds is 8. The average molecular weight is 496 g/mol. The van der Waals surface area contributed by atoms with Crippen LogP contribution in [0, 0.1) is 6.92 Å². The molecule has 0 fully saturated rings. The van der Waals surface area contributed by atoms with Crippen molar-refractivity contribution in [1.82, 2.24) is 10.2 Å². The first-order valence-electron chi connectivity index (χ1n) is 9.33. The van der Waals surface area contributed by atoms with Crippen molar-refractivity contribution in [2.45, 2.75) is 26.4 Å². The molecule has 0 aliphatic carbocycles. The third kappa shape index (κ3) is 6.06. The van der Waals surface area contributed by atoms with Gasteiger partial charge in [-0.2, -0.15) is 0 Å². The van der Waals surface area contributed by atoms with Gasteiger partial charge in [0.2, 0.25) is 21.8 Å². The van der Waals surface area contributed by atoms with Gasteiger partial charge >= 0.3 is 0 Å². The second-order valence-corrected chi connectivity index (χ2v) is 9.76. The number of nitrogens with zero attached hydrogens (tertiary/aromatic N) is 2. The molecule has 0 saturated heterocycles. The van der Waals surface area contributed by atoms with Gasteiger partial charge in [0.25, 0.3) is 0 Å². The van der Waals surface area contributed by atoms with Crippen molar-refractivity contribution >= 4 is 43.5 Å². The second-order valence-electron chi connectivity index (χ2n) is 7.00. The summed E-state index contributed by atoms with van der Waals surface area (Å²) in [7, 11) is -2.23. The number of carbonyl (C=O) groups excluding carboxylic acids is 2. The number of nitrogens with one attached hydrogen (secondary N) is 1. The minimum atomic E-state index is -3.73. The summed E-state index contributed by atoms with van der Waals surface area (Å²) in [5.74, 6) is -0.800. The van der Waals surface area contributed by atoms with E-state index in [1.807, 2.05) is 37.3 Å². The van der Waals surface area contributed by atoms with Crippen molar-refractivity contribution in [2.24, 2.45) is 0 Å². The Balaban J connectivity index is 2.38. The van der Waals surface area contributed by atoms with Crippen molar-refractivity contribution < 1.29 is 18.0 Å². The molecule has 0 spiro atoms. The maximum Gasteiger partial charge on any atom is 0.244 e. The lowest BCUT2D eigenvalue weighted by Gasteiger charge is -2.31. The molecule has 0 unspecified atom stereocenters. The predicted octanol–water partition coefficient (Wildman–Crippen LogP) is 2.69. The summed E-state index contributed by atoms with van der Waals surface area (Å²) >= 11 is 3.40. The number of amides is 2. The molecule has 1 atom stereocenters. The summed E-state index contributed by atoms with van der Waals surface area (Å²) in [6.45, 7) is 3.23. The third-order valence-electron chi connectivity index (χ3n) is 4.72. The fraction of sp³-hybridized carbons (Fsp3) is 0.333. The smallest absolute Gasteiger partial charge is 0.244 e. The molecule has 0 heterocycles. The van der Waals surface area contributed by atoms with Crippen LogP contribution < -0.4 is 9.62 Å². The number of hydrogen-bond acceptors (Lipinski definition) is 4. The number of aryl methyl sites for hydroxylation is 1. The molecule has 162 valence electrons. The number of benzene rings is 2. The second kappa shape index (κ2) is 10.1. The van der Waals surface area contributed by atoms with E-state index in [0.29, 0.717) is 5.69 Å². The van der Waals surface area contributed by atoms with Crippen LogP contribution in [-0.4, -0.2) is 51.0 Å². The Hall–Kier alpha value is -2.39. The highest BCUT2D eigenvalue weighted by atomic mass is 79.9. The van der Waals surface area contributed by atoms with E-state index in [9.17, 15) is 18.0 Å². The molecule has 0 bridgehead atoms. The largest absolute Gasteiger partial charge is 0.357 e. The zero-order chi connectivity index (χ0) is 22.5. The number of anilines is 1. The summed E-state index contributed by atoms with van der Waals surface area (Å²) in [6.07, 6.45) is 1.06. The van der Waals surface area contributed by atoms with E-state index in [1.165, 1.54) is 11.9 Å². The third-order valence-corrected chi connectivity index (χ3v) is 6.75. The van der Waals surface area contributed by atoms with Crippen molar-refractivity contribution in [3.05, 3.63) is 64.1 Å². The van der Waals surface area contributed by atoms with Crippen LogP contribution >= 0.6 is 15.9 Å². The molecule has 0 aromatic heterocycles. The molecule has 2 rings (SSSR count). The Labute approximate surface area is 186 Å². The van der Waals surface area contributed by atoms with Crippen LogP contribution in [0.2, 0.25) is 0 Å². The van der Waals surface area contributed by atoms with Crippen LogP contribution in [0.25, 0.3) is 0 Å². The van der Waals surface area contributed by atoms with Crippen molar-refractivity contribution in [2.75, 3.05) is 24.2 Å². The SMILES string of the molecule is CNC(=O)[C@H](C)N(Cc1ccccc1)C(=O)CN(c1ccc(Br)c(C)c1)S(C)(=O)=O. The minimum Gasteiger partial charge on any atom is -0.357 e. The first-order valence-corrected chi connectivity index (χ1v) is 12.0. The molecule has 0 saturated carbocycles. The first kappa shape index (κ1) is 23.9. The Bertz CT molecular complexity index is 1010. The van der Waals surface area contributed by atoms with Gasteiger partial charge in [0.1, 0.15) is 12.6 Å². The maximum atomic E-state index is 13.2. The lowest BCUT2D eigenvalue weighted by molar-refractivity contribution is -0.139.